The van der Waals surface area contributed by atoms with Gasteiger partial charge in [0.05, 0.1) is 12.1 Å². The normalized spacial score (nSPS) is 10.6. The van der Waals surface area contributed by atoms with Crippen molar-refractivity contribution in [3.63, 3.8) is 0 Å². The molecule has 2 aromatic heterocycles. The molecule has 0 saturated heterocycles. The van der Waals surface area contributed by atoms with Gasteiger partial charge < -0.3 is 14.0 Å². The first-order chi connectivity index (χ1) is 12.2. The molecule has 0 saturated carbocycles. The minimum atomic E-state index is 0. The van der Waals surface area contributed by atoms with Crippen LogP contribution in [0.1, 0.15) is 37.1 Å². The lowest BCUT2D eigenvalue weighted by molar-refractivity contribution is 0.288. The van der Waals surface area contributed by atoms with Crippen molar-refractivity contribution in [2.75, 3.05) is 6.61 Å². The van der Waals surface area contributed by atoms with Gasteiger partial charge in [-0.05, 0) is 38.8 Å². The van der Waals surface area contributed by atoms with E-state index in [-0.39, 0.29) is 12.4 Å². The number of halogens is 1. The van der Waals surface area contributed by atoms with Gasteiger partial charge >= 0.3 is 0 Å². The fourth-order valence-corrected chi connectivity index (χ4v) is 3.21. The Labute approximate surface area is 161 Å². The summed E-state index contributed by atoms with van der Waals surface area (Å²) < 4.78 is 14.2. The first-order valence-electron chi connectivity index (χ1n) is 8.95. The SMILES string of the molecule is CCCn1c(C)c(C)c2nccc(OCc3ccccc3OCC)c21.Cl. The van der Waals surface area contributed by atoms with Crippen LogP contribution < -0.4 is 9.47 Å². The smallest absolute Gasteiger partial charge is 0.147 e. The van der Waals surface area contributed by atoms with Gasteiger partial charge in [-0.3, -0.25) is 4.98 Å². The largest absolute Gasteiger partial charge is 0.493 e. The van der Waals surface area contributed by atoms with E-state index in [0.717, 1.165) is 41.1 Å². The number of ether oxygens (including phenoxy) is 2. The van der Waals surface area contributed by atoms with E-state index in [2.05, 4.69) is 30.3 Å². The summed E-state index contributed by atoms with van der Waals surface area (Å²) in [6, 6.07) is 9.98. The molecule has 0 bridgehead atoms. The molecule has 5 heteroatoms. The van der Waals surface area contributed by atoms with Gasteiger partial charge in [0, 0.05) is 30.1 Å². The van der Waals surface area contributed by atoms with Crippen LogP contribution in [0.15, 0.2) is 36.5 Å². The number of hydrogen-bond acceptors (Lipinski definition) is 3. The van der Waals surface area contributed by atoms with Crippen LogP contribution in [0.3, 0.4) is 0 Å². The molecule has 0 amide bonds. The third-order valence-corrected chi connectivity index (χ3v) is 4.56. The van der Waals surface area contributed by atoms with Gasteiger partial charge in [-0.2, -0.15) is 0 Å². The van der Waals surface area contributed by atoms with Crippen LogP contribution in [-0.2, 0) is 13.2 Å². The van der Waals surface area contributed by atoms with E-state index in [1.807, 2.05) is 43.5 Å². The molecule has 0 N–H and O–H groups in total. The quantitative estimate of drug-likeness (QED) is 0.550. The van der Waals surface area contributed by atoms with Gasteiger partial charge in [0.15, 0.2) is 0 Å². The molecular weight excluding hydrogens is 348 g/mol. The van der Waals surface area contributed by atoms with Crippen LogP contribution >= 0.6 is 12.4 Å². The summed E-state index contributed by atoms with van der Waals surface area (Å²) in [6.45, 7) is 10.6. The van der Waals surface area contributed by atoms with E-state index in [1.54, 1.807) is 0 Å². The monoisotopic (exact) mass is 374 g/mol. The molecule has 26 heavy (non-hydrogen) atoms. The summed E-state index contributed by atoms with van der Waals surface area (Å²) in [7, 11) is 0. The van der Waals surface area contributed by atoms with Crippen molar-refractivity contribution in [2.24, 2.45) is 0 Å². The molecule has 3 aromatic rings. The maximum atomic E-state index is 6.21. The Balaban J connectivity index is 0.00000243. The Morgan fingerprint density at radius 3 is 2.50 bits per heavy atom. The lowest BCUT2D eigenvalue weighted by atomic mass is 10.2. The Hall–Kier alpha value is -2.20. The summed E-state index contributed by atoms with van der Waals surface area (Å²) in [5.41, 5.74) is 5.66. The molecule has 0 fully saturated rings. The number of benzene rings is 1. The number of fused-ring (bicyclic) bond motifs is 1. The highest BCUT2D eigenvalue weighted by Crippen LogP contribution is 2.32. The van der Waals surface area contributed by atoms with Crippen LogP contribution in [0.2, 0.25) is 0 Å². The molecule has 0 aliphatic carbocycles. The van der Waals surface area contributed by atoms with Crippen molar-refractivity contribution < 1.29 is 9.47 Å². The zero-order valence-corrected chi connectivity index (χ0v) is 16.7. The Bertz CT molecular complexity index is 874. The highest BCUT2D eigenvalue weighted by molar-refractivity contribution is 5.86. The van der Waals surface area contributed by atoms with Gasteiger partial charge in [-0.15, -0.1) is 12.4 Å². The lowest BCUT2D eigenvalue weighted by Gasteiger charge is -2.13. The van der Waals surface area contributed by atoms with Crippen LogP contribution in [0.25, 0.3) is 11.0 Å². The summed E-state index contributed by atoms with van der Waals surface area (Å²) in [5, 5.41) is 0. The Kier molecular flexibility index (Phi) is 6.92. The second-order valence-electron chi connectivity index (χ2n) is 6.20. The highest BCUT2D eigenvalue weighted by atomic mass is 35.5. The van der Waals surface area contributed by atoms with Gasteiger partial charge in [-0.1, -0.05) is 25.1 Å². The highest BCUT2D eigenvalue weighted by Gasteiger charge is 2.16. The minimum absolute atomic E-state index is 0. The second kappa shape index (κ2) is 8.95. The van der Waals surface area contributed by atoms with Crippen molar-refractivity contribution in [3.05, 3.63) is 53.3 Å². The van der Waals surface area contributed by atoms with Crippen molar-refractivity contribution in [1.29, 1.82) is 0 Å². The van der Waals surface area contributed by atoms with Crippen LogP contribution in [0.5, 0.6) is 11.5 Å². The van der Waals surface area contributed by atoms with E-state index >= 15 is 0 Å². The summed E-state index contributed by atoms with van der Waals surface area (Å²) in [6.07, 6.45) is 2.90. The van der Waals surface area contributed by atoms with Crippen LogP contribution in [0.4, 0.5) is 0 Å². The molecule has 1 aromatic carbocycles. The zero-order valence-electron chi connectivity index (χ0n) is 15.9. The summed E-state index contributed by atoms with van der Waals surface area (Å²) >= 11 is 0. The first-order valence-corrected chi connectivity index (χ1v) is 8.95. The van der Waals surface area contributed by atoms with Crippen LogP contribution in [-0.4, -0.2) is 16.2 Å². The van der Waals surface area contributed by atoms with E-state index < -0.39 is 0 Å². The minimum Gasteiger partial charge on any atom is -0.493 e. The number of pyridine rings is 1. The molecule has 2 heterocycles. The van der Waals surface area contributed by atoms with Crippen molar-refractivity contribution in [3.8, 4) is 11.5 Å². The first kappa shape index (κ1) is 20.1. The van der Waals surface area contributed by atoms with Crippen molar-refractivity contribution >= 4 is 23.4 Å². The second-order valence-corrected chi connectivity index (χ2v) is 6.20. The molecule has 0 spiro atoms. The number of hydrogen-bond donors (Lipinski definition) is 0. The standard InChI is InChI=1S/C21H26N2O2.ClH/c1-5-13-23-16(4)15(3)20-21(23)19(11-12-22-20)25-14-17-9-7-8-10-18(17)24-6-2;/h7-12H,5-6,13-14H2,1-4H3;1H. The van der Waals surface area contributed by atoms with E-state index in [0.29, 0.717) is 13.2 Å². The molecule has 0 unspecified atom stereocenters. The van der Waals surface area contributed by atoms with E-state index in [9.17, 15) is 0 Å². The van der Waals surface area contributed by atoms with Gasteiger partial charge in [-0.25, -0.2) is 0 Å². The predicted molar refractivity (Wildman–Crippen MR) is 109 cm³/mol. The molecule has 0 atom stereocenters. The average molecular weight is 375 g/mol. The van der Waals surface area contributed by atoms with Gasteiger partial charge in [0.25, 0.3) is 0 Å². The molecule has 0 aliphatic rings. The van der Waals surface area contributed by atoms with Crippen molar-refractivity contribution in [2.45, 2.75) is 47.3 Å². The summed E-state index contributed by atoms with van der Waals surface area (Å²) in [5.74, 6) is 1.76. The van der Waals surface area contributed by atoms with Gasteiger partial charge in [0.2, 0.25) is 0 Å². The molecule has 3 rings (SSSR count). The number of aromatic nitrogens is 2. The number of nitrogens with zero attached hydrogens (tertiary/aromatic N) is 2. The maximum Gasteiger partial charge on any atom is 0.147 e. The van der Waals surface area contributed by atoms with E-state index in [1.165, 1.54) is 11.3 Å². The van der Waals surface area contributed by atoms with Gasteiger partial charge in [0.1, 0.15) is 23.6 Å². The fraction of sp³-hybridized carbons (Fsp3) is 0.381. The van der Waals surface area contributed by atoms with Crippen LogP contribution in [0, 0.1) is 13.8 Å². The van der Waals surface area contributed by atoms with E-state index in [4.69, 9.17) is 9.47 Å². The third-order valence-electron chi connectivity index (χ3n) is 4.56. The number of para-hydroxylation sites is 1. The fourth-order valence-electron chi connectivity index (χ4n) is 3.21. The summed E-state index contributed by atoms with van der Waals surface area (Å²) in [4.78, 5) is 4.58. The number of aryl methyl sites for hydroxylation is 2. The molecular formula is C21H27ClN2O2. The van der Waals surface area contributed by atoms with Crippen molar-refractivity contribution in [1.82, 2.24) is 9.55 Å². The molecule has 0 radical (unpaired) electrons. The zero-order chi connectivity index (χ0) is 17.8. The lowest BCUT2D eigenvalue weighted by Crippen LogP contribution is -2.04. The number of rotatable bonds is 7. The Morgan fingerprint density at radius 1 is 1.00 bits per heavy atom. The molecule has 140 valence electrons. The maximum absolute atomic E-state index is 6.21. The average Bonchev–Trinajstić information content (AvgIpc) is 2.87. The third kappa shape index (κ3) is 3.80. The molecule has 4 nitrogen and oxygen atoms in total. The Morgan fingerprint density at radius 2 is 1.77 bits per heavy atom. The topological polar surface area (TPSA) is 36.3 Å². The molecule has 0 aliphatic heterocycles. The predicted octanol–water partition coefficient (Wildman–Crippen LogP) is 5.46.